The fraction of sp³-hybridized carbons (Fsp3) is 0.571. The molecule has 2 rings (SSSR count). The van der Waals surface area contributed by atoms with Crippen LogP contribution in [0.2, 0.25) is 0 Å². The number of piperazine rings is 1. The highest BCUT2D eigenvalue weighted by molar-refractivity contribution is 5.14. The molecule has 3 nitrogen and oxygen atoms in total. The van der Waals surface area contributed by atoms with Crippen molar-refractivity contribution in [1.29, 1.82) is 0 Å². The smallest absolute Gasteiger partial charge is 0.0589 e. The van der Waals surface area contributed by atoms with Crippen LogP contribution in [-0.4, -0.2) is 56.2 Å². The first-order chi connectivity index (χ1) is 8.38. The van der Waals surface area contributed by atoms with E-state index in [1.807, 2.05) is 0 Å². The van der Waals surface area contributed by atoms with Crippen molar-refractivity contribution in [3.63, 3.8) is 0 Å². The van der Waals surface area contributed by atoms with Gasteiger partial charge in [-0.25, -0.2) is 0 Å². The Hall–Kier alpha value is -0.900. The Bertz CT molecular complexity index is 307. The number of benzene rings is 1. The highest BCUT2D eigenvalue weighted by Crippen LogP contribution is 2.07. The number of nitrogens with zero attached hydrogens (tertiary/aromatic N) is 2. The van der Waals surface area contributed by atoms with Gasteiger partial charge in [-0.15, -0.1) is 0 Å². The number of hydrogen-bond donors (Lipinski definition) is 0. The van der Waals surface area contributed by atoms with Gasteiger partial charge in [0.05, 0.1) is 6.61 Å². The molecule has 94 valence electrons. The minimum atomic E-state index is 0.846. The average molecular weight is 234 g/mol. The van der Waals surface area contributed by atoms with E-state index in [0.717, 1.165) is 32.8 Å². The minimum Gasteiger partial charge on any atom is -0.383 e. The third-order valence-electron chi connectivity index (χ3n) is 3.33. The molecule has 1 aliphatic rings. The van der Waals surface area contributed by atoms with Crippen LogP contribution in [0.15, 0.2) is 30.3 Å². The predicted octanol–water partition coefficient (Wildman–Crippen LogP) is 1.45. The van der Waals surface area contributed by atoms with Gasteiger partial charge in [-0.05, 0) is 5.56 Å². The molecule has 1 aliphatic heterocycles. The Balaban J connectivity index is 1.72. The van der Waals surface area contributed by atoms with E-state index >= 15 is 0 Å². The number of hydrogen-bond acceptors (Lipinski definition) is 3. The molecule has 0 radical (unpaired) electrons. The summed E-state index contributed by atoms with van der Waals surface area (Å²) in [7, 11) is 1.77. The van der Waals surface area contributed by atoms with Crippen molar-refractivity contribution in [3.05, 3.63) is 35.9 Å². The molecular formula is C14H22N2O. The standard InChI is InChI=1S/C14H22N2O/c1-17-12-11-15-7-9-16(10-8-15)13-14-5-3-2-4-6-14/h2-6H,7-13H2,1H3. The van der Waals surface area contributed by atoms with Gasteiger partial charge in [0.1, 0.15) is 0 Å². The summed E-state index contributed by atoms with van der Waals surface area (Å²) in [6.45, 7) is 7.65. The summed E-state index contributed by atoms with van der Waals surface area (Å²) in [5, 5.41) is 0. The van der Waals surface area contributed by atoms with Crippen molar-refractivity contribution in [2.24, 2.45) is 0 Å². The largest absolute Gasteiger partial charge is 0.383 e. The maximum atomic E-state index is 5.11. The van der Waals surface area contributed by atoms with Crippen LogP contribution in [0.4, 0.5) is 0 Å². The summed E-state index contributed by atoms with van der Waals surface area (Å²) in [4.78, 5) is 5.00. The lowest BCUT2D eigenvalue weighted by atomic mass is 10.2. The molecule has 0 bridgehead atoms. The van der Waals surface area contributed by atoms with Crippen LogP contribution in [0.3, 0.4) is 0 Å². The first-order valence-electron chi connectivity index (χ1n) is 6.36. The molecule has 17 heavy (non-hydrogen) atoms. The van der Waals surface area contributed by atoms with E-state index in [2.05, 4.69) is 40.1 Å². The van der Waals surface area contributed by atoms with Crippen molar-refractivity contribution in [2.75, 3.05) is 46.4 Å². The molecule has 0 N–H and O–H groups in total. The summed E-state index contributed by atoms with van der Waals surface area (Å²) < 4.78 is 5.11. The van der Waals surface area contributed by atoms with E-state index < -0.39 is 0 Å². The Labute approximate surface area is 104 Å². The van der Waals surface area contributed by atoms with Gasteiger partial charge in [0.2, 0.25) is 0 Å². The van der Waals surface area contributed by atoms with E-state index in [4.69, 9.17) is 4.74 Å². The van der Waals surface area contributed by atoms with Crippen LogP contribution in [-0.2, 0) is 11.3 Å². The highest BCUT2D eigenvalue weighted by Gasteiger charge is 2.16. The summed E-state index contributed by atoms with van der Waals surface area (Å²) in [5.41, 5.74) is 1.41. The topological polar surface area (TPSA) is 15.7 Å². The second kappa shape index (κ2) is 6.74. The third-order valence-corrected chi connectivity index (χ3v) is 3.33. The summed E-state index contributed by atoms with van der Waals surface area (Å²) in [5.74, 6) is 0. The van der Waals surface area contributed by atoms with Gasteiger partial charge >= 0.3 is 0 Å². The zero-order valence-electron chi connectivity index (χ0n) is 10.6. The Morgan fingerprint density at radius 2 is 1.65 bits per heavy atom. The number of ether oxygens (including phenoxy) is 1. The third kappa shape index (κ3) is 4.11. The fourth-order valence-corrected chi connectivity index (χ4v) is 2.23. The first-order valence-corrected chi connectivity index (χ1v) is 6.36. The zero-order valence-corrected chi connectivity index (χ0v) is 10.6. The van der Waals surface area contributed by atoms with Gasteiger partial charge in [0, 0.05) is 46.4 Å². The molecule has 0 spiro atoms. The zero-order chi connectivity index (χ0) is 11.9. The normalized spacial score (nSPS) is 18.4. The second-order valence-corrected chi connectivity index (χ2v) is 4.60. The van der Waals surface area contributed by atoms with Gasteiger partial charge in [0.15, 0.2) is 0 Å². The monoisotopic (exact) mass is 234 g/mol. The van der Waals surface area contributed by atoms with Crippen LogP contribution in [0, 0.1) is 0 Å². The molecule has 0 aliphatic carbocycles. The maximum Gasteiger partial charge on any atom is 0.0589 e. The van der Waals surface area contributed by atoms with Gasteiger partial charge < -0.3 is 4.74 Å². The Morgan fingerprint density at radius 3 is 2.29 bits per heavy atom. The van der Waals surface area contributed by atoms with Crippen molar-refractivity contribution < 1.29 is 4.74 Å². The Kier molecular flexibility index (Phi) is 4.98. The van der Waals surface area contributed by atoms with Crippen molar-refractivity contribution in [1.82, 2.24) is 9.80 Å². The molecule has 1 aromatic carbocycles. The molecule has 3 heteroatoms. The second-order valence-electron chi connectivity index (χ2n) is 4.60. The number of methoxy groups -OCH3 is 1. The van der Waals surface area contributed by atoms with Crippen LogP contribution in [0.25, 0.3) is 0 Å². The predicted molar refractivity (Wildman–Crippen MR) is 70.0 cm³/mol. The van der Waals surface area contributed by atoms with Crippen molar-refractivity contribution >= 4 is 0 Å². The van der Waals surface area contributed by atoms with Crippen LogP contribution >= 0.6 is 0 Å². The van der Waals surface area contributed by atoms with Gasteiger partial charge in [-0.2, -0.15) is 0 Å². The molecule has 0 aromatic heterocycles. The molecule has 1 heterocycles. The van der Waals surface area contributed by atoms with E-state index in [-0.39, 0.29) is 0 Å². The van der Waals surface area contributed by atoms with E-state index in [1.165, 1.54) is 18.7 Å². The maximum absolute atomic E-state index is 5.11. The van der Waals surface area contributed by atoms with Crippen LogP contribution < -0.4 is 0 Å². The fourth-order valence-electron chi connectivity index (χ4n) is 2.23. The lowest BCUT2D eigenvalue weighted by molar-refractivity contribution is 0.0938. The van der Waals surface area contributed by atoms with Crippen molar-refractivity contribution in [3.8, 4) is 0 Å². The van der Waals surface area contributed by atoms with Gasteiger partial charge in [-0.3, -0.25) is 9.80 Å². The molecule has 0 atom stereocenters. The molecule has 0 amide bonds. The molecule has 1 saturated heterocycles. The average Bonchev–Trinajstić information content (AvgIpc) is 2.39. The Morgan fingerprint density at radius 1 is 1.00 bits per heavy atom. The van der Waals surface area contributed by atoms with Crippen LogP contribution in [0.5, 0.6) is 0 Å². The lowest BCUT2D eigenvalue weighted by Gasteiger charge is -2.34. The molecule has 1 fully saturated rings. The quantitative estimate of drug-likeness (QED) is 0.767. The molecular weight excluding hydrogens is 212 g/mol. The SMILES string of the molecule is COCCN1CCN(Cc2ccccc2)CC1. The molecule has 0 saturated carbocycles. The van der Waals surface area contributed by atoms with E-state index in [0.29, 0.717) is 0 Å². The van der Waals surface area contributed by atoms with Gasteiger partial charge in [0.25, 0.3) is 0 Å². The van der Waals surface area contributed by atoms with E-state index in [1.54, 1.807) is 7.11 Å². The van der Waals surface area contributed by atoms with Crippen LogP contribution in [0.1, 0.15) is 5.56 Å². The first kappa shape index (κ1) is 12.6. The number of rotatable bonds is 5. The molecule has 0 unspecified atom stereocenters. The highest BCUT2D eigenvalue weighted by atomic mass is 16.5. The summed E-state index contributed by atoms with van der Waals surface area (Å²) in [6, 6.07) is 10.7. The van der Waals surface area contributed by atoms with Crippen molar-refractivity contribution in [2.45, 2.75) is 6.54 Å². The lowest BCUT2D eigenvalue weighted by Crippen LogP contribution is -2.46. The molecule has 1 aromatic rings. The minimum absolute atomic E-state index is 0.846. The van der Waals surface area contributed by atoms with E-state index in [9.17, 15) is 0 Å². The summed E-state index contributed by atoms with van der Waals surface area (Å²) in [6.07, 6.45) is 0. The summed E-state index contributed by atoms with van der Waals surface area (Å²) >= 11 is 0. The van der Waals surface area contributed by atoms with Gasteiger partial charge in [-0.1, -0.05) is 30.3 Å².